The first-order chi connectivity index (χ1) is 14.1. The molecule has 172 valence electrons. The molecule has 0 atom stereocenters. The smallest absolute Gasteiger partial charge is 0.250 e. The minimum absolute atomic E-state index is 0.00382. The van der Waals surface area contributed by atoms with Crippen LogP contribution in [0.15, 0.2) is 23.8 Å². The van der Waals surface area contributed by atoms with Crippen LogP contribution in [0, 0.1) is 10.8 Å². The van der Waals surface area contributed by atoms with Crippen molar-refractivity contribution in [3.63, 3.8) is 0 Å². The Morgan fingerprint density at radius 3 is 2.29 bits per heavy atom. The fraction of sp³-hybridized carbons (Fsp3) is 0.615. The Morgan fingerprint density at radius 1 is 1.10 bits per heavy atom. The number of rotatable bonds is 5. The fourth-order valence-electron chi connectivity index (χ4n) is 4.24. The fourth-order valence-corrected chi connectivity index (χ4v) is 6.40. The number of ether oxygens (including phenoxy) is 2. The van der Waals surface area contributed by atoms with Crippen molar-refractivity contribution in [3.05, 3.63) is 28.6 Å². The number of fused-ring (bicyclic) bond motifs is 1. The maximum Gasteiger partial charge on any atom is 0.250 e. The molecule has 0 spiro atoms. The van der Waals surface area contributed by atoms with Crippen LogP contribution in [0.2, 0.25) is 18.1 Å². The minimum Gasteiger partial charge on any atom is -0.543 e. The van der Waals surface area contributed by atoms with E-state index in [-0.39, 0.29) is 15.9 Å². The summed E-state index contributed by atoms with van der Waals surface area (Å²) in [5.41, 5.74) is 1.39. The van der Waals surface area contributed by atoms with Gasteiger partial charge in [0.15, 0.2) is 0 Å². The van der Waals surface area contributed by atoms with Gasteiger partial charge in [-0.05, 0) is 54.2 Å². The van der Waals surface area contributed by atoms with Crippen molar-refractivity contribution in [1.82, 2.24) is 0 Å². The molecule has 5 heteroatoms. The number of benzene rings is 1. The molecule has 31 heavy (non-hydrogen) atoms. The van der Waals surface area contributed by atoms with Crippen molar-refractivity contribution in [2.75, 3.05) is 13.2 Å². The molecule has 0 aliphatic carbocycles. The third-order valence-corrected chi connectivity index (χ3v) is 12.0. The molecule has 0 saturated heterocycles. The highest BCUT2D eigenvalue weighted by molar-refractivity contribution is 7.20. The first-order valence-electron chi connectivity index (χ1n) is 11.4. The number of thiophene rings is 1. The summed E-state index contributed by atoms with van der Waals surface area (Å²) in [5.74, 6) is 2.87. The molecule has 1 aromatic carbocycles. The SMILES string of the molecule is CCOc1c(C2=C(C(C)(C)C)C(C)(C)CO2)sc2ccc(O[Si](C)(C)C(C)(C)C)cc12. The van der Waals surface area contributed by atoms with Crippen LogP contribution in [0.3, 0.4) is 0 Å². The summed E-state index contributed by atoms with van der Waals surface area (Å²) in [6, 6.07) is 6.45. The molecular formula is C26H40O3SSi. The molecule has 0 unspecified atom stereocenters. The van der Waals surface area contributed by atoms with Crippen LogP contribution in [0.4, 0.5) is 0 Å². The zero-order valence-corrected chi connectivity index (χ0v) is 23.1. The molecule has 1 aliphatic heterocycles. The Bertz CT molecular complexity index is 1000. The highest BCUT2D eigenvalue weighted by Gasteiger charge is 2.43. The Labute approximate surface area is 193 Å². The summed E-state index contributed by atoms with van der Waals surface area (Å²) >= 11 is 1.76. The standard InChI is InChI=1S/C26H40O3SSi/c1-12-27-20-18-15-17(29-31(10,11)25(5,6)7)13-14-19(18)30-22(20)21-23(24(2,3)4)26(8,9)16-28-21/h13-15H,12,16H2,1-11H3. The van der Waals surface area contributed by atoms with Crippen molar-refractivity contribution < 1.29 is 13.9 Å². The summed E-state index contributed by atoms with van der Waals surface area (Å²) < 4.78 is 20.4. The molecule has 1 aromatic heterocycles. The monoisotopic (exact) mass is 460 g/mol. The second-order valence-corrected chi connectivity index (χ2v) is 17.6. The van der Waals surface area contributed by atoms with Crippen molar-refractivity contribution in [3.8, 4) is 11.5 Å². The van der Waals surface area contributed by atoms with Gasteiger partial charge in [0, 0.05) is 15.5 Å². The van der Waals surface area contributed by atoms with Gasteiger partial charge in [0.25, 0.3) is 0 Å². The Kier molecular flexibility index (Phi) is 6.12. The molecule has 0 amide bonds. The largest absolute Gasteiger partial charge is 0.543 e. The lowest BCUT2D eigenvalue weighted by Gasteiger charge is -2.36. The molecular weight excluding hydrogens is 420 g/mol. The summed E-state index contributed by atoms with van der Waals surface area (Å²) in [6.45, 7) is 26.1. The van der Waals surface area contributed by atoms with Crippen LogP contribution < -0.4 is 9.16 Å². The maximum atomic E-state index is 6.60. The molecule has 1 aliphatic rings. The average Bonchev–Trinajstić information content (AvgIpc) is 3.10. The minimum atomic E-state index is -1.91. The lowest BCUT2D eigenvalue weighted by molar-refractivity contribution is 0.213. The number of hydrogen-bond donors (Lipinski definition) is 0. The van der Waals surface area contributed by atoms with Gasteiger partial charge in [0.05, 0.1) is 13.2 Å². The van der Waals surface area contributed by atoms with E-state index in [9.17, 15) is 0 Å². The van der Waals surface area contributed by atoms with Crippen LogP contribution in [0.1, 0.15) is 67.2 Å². The lowest BCUT2D eigenvalue weighted by Crippen LogP contribution is -2.43. The van der Waals surface area contributed by atoms with E-state index in [0.29, 0.717) is 13.2 Å². The Morgan fingerprint density at radius 2 is 1.74 bits per heavy atom. The second-order valence-electron chi connectivity index (χ2n) is 11.8. The normalized spacial score (nSPS) is 17.3. The van der Waals surface area contributed by atoms with Crippen molar-refractivity contribution in [2.45, 2.75) is 80.4 Å². The molecule has 0 N–H and O–H groups in total. The van der Waals surface area contributed by atoms with Gasteiger partial charge in [0.2, 0.25) is 8.32 Å². The molecule has 2 heterocycles. The van der Waals surface area contributed by atoms with Gasteiger partial charge in [-0.3, -0.25) is 0 Å². The van der Waals surface area contributed by atoms with E-state index in [2.05, 4.69) is 86.7 Å². The van der Waals surface area contributed by atoms with E-state index in [4.69, 9.17) is 13.9 Å². The summed E-state index contributed by atoms with van der Waals surface area (Å²) in [5, 5.41) is 1.27. The Balaban J connectivity index is 2.18. The van der Waals surface area contributed by atoms with Gasteiger partial charge < -0.3 is 13.9 Å². The predicted molar refractivity (Wildman–Crippen MR) is 137 cm³/mol. The quantitative estimate of drug-likeness (QED) is 0.419. The lowest BCUT2D eigenvalue weighted by atomic mass is 9.71. The molecule has 3 rings (SSSR count). The molecule has 0 fully saturated rings. The van der Waals surface area contributed by atoms with Gasteiger partial charge in [-0.15, -0.1) is 11.3 Å². The molecule has 0 saturated carbocycles. The van der Waals surface area contributed by atoms with E-state index in [1.807, 2.05) is 6.92 Å². The van der Waals surface area contributed by atoms with E-state index in [1.165, 1.54) is 10.3 Å². The zero-order valence-electron chi connectivity index (χ0n) is 21.3. The topological polar surface area (TPSA) is 27.7 Å². The van der Waals surface area contributed by atoms with Crippen LogP contribution in [-0.2, 0) is 4.74 Å². The first-order valence-corrected chi connectivity index (χ1v) is 15.1. The predicted octanol–water partition coefficient (Wildman–Crippen LogP) is 8.50. The van der Waals surface area contributed by atoms with Crippen LogP contribution in [-0.4, -0.2) is 21.5 Å². The third-order valence-electron chi connectivity index (χ3n) is 6.52. The average molecular weight is 461 g/mol. The molecule has 3 nitrogen and oxygen atoms in total. The summed E-state index contributed by atoms with van der Waals surface area (Å²) in [4.78, 5) is 1.11. The van der Waals surface area contributed by atoms with Crippen molar-refractivity contribution in [2.24, 2.45) is 10.8 Å². The highest BCUT2D eigenvalue weighted by Crippen LogP contribution is 2.54. The number of hydrogen-bond acceptors (Lipinski definition) is 4. The van der Waals surface area contributed by atoms with Gasteiger partial charge in [0.1, 0.15) is 22.1 Å². The second kappa shape index (κ2) is 7.84. The van der Waals surface area contributed by atoms with Gasteiger partial charge >= 0.3 is 0 Å². The van der Waals surface area contributed by atoms with Crippen LogP contribution >= 0.6 is 11.3 Å². The van der Waals surface area contributed by atoms with E-state index >= 15 is 0 Å². The van der Waals surface area contributed by atoms with Gasteiger partial charge in [-0.2, -0.15) is 0 Å². The zero-order chi connectivity index (χ0) is 23.4. The van der Waals surface area contributed by atoms with E-state index < -0.39 is 8.32 Å². The molecule has 2 aromatic rings. The van der Waals surface area contributed by atoms with E-state index in [1.54, 1.807) is 11.3 Å². The summed E-state index contributed by atoms with van der Waals surface area (Å²) in [7, 11) is -1.91. The summed E-state index contributed by atoms with van der Waals surface area (Å²) in [6.07, 6.45) is 0. The third kappa shape index (κ3) is 4.54. The molecule has 0 radical (unpaired) electrons. The molecule has 0 bridgehead atoms. The van der Waals surface area contributed by atoms with Gasteiger partial charge in [-0.1, -0.05) is 55.4 Å². The first kappa shape index (κ1) is 24.2. The van der Waals surface area contributed by atoms with Crippen molar-refractivity contribution >= 4 is 35.5 Å². The van der Waals surface area contributed by atoms with Crippen molar-refractivity contribution in [1.29, 1.82) is 0 Å². The van der Waals surface area contributed by atoms with Crippen LogP contribution in [0.25, 0.3) is 15.8 Å². The van der Waals surface area contributed by atoms with Crippen LogP contribution in [0.5, 0.6) is 11.5 Å². The highest BCUT2D eigenvalue weighted by atomic mass is 32.1. The Hall–Kier alpha value is -1.46. The van der Waals surface area contributed by atoms with E-state index in [0.717, 1.165) is 27.5 Å². The van der Waals surface area contributed by atoms with Gasteiger partial charge in [-0.25, -0.2) is 0 Å². The maximum absolute atomic E-state index is 6.60.